The summed E-state index contributed by atoms with van der Waals surface area (Å²) in [4.78, 5) is 0. The second-order valence-electron chi connectivity index (χ2n) is 8.45. The molecule has 0 nitrogen and oxygen atoms in total. The molecule has 0 aliphatic heterocycles. The van der Waals surface area contributed by atoms with Crippen molar-refractivity contribution < 1.29 is 0 Å². The van der Waals surface area contributed by atoms with E-state index < -0.39 is 0 Å². The topological polar surface area (TPSA) is 0 Å². The first-order valence-electron chi connectivity index (χ1n) is 10.6. The van der Waals surface area contributed by atoms with E-state index in [1.807, 2.05) is 0 Å². The predicted octanol–water partition coefficient (Wildman–Crippen LogP) is 7.52. The minimum absolute atomic E-state index is 0.198. The monoisotopic (exact) mass is 372 g/mol. The van der Waals surface area contributed by atoms with Gasteiger partial charge in [0, 0.05) is 0 Å². The lowest BCUT2D eigenvalue weighted by atomic mass is 9.60. The number of hydrogen-bond acceptors (Lipinski definition) is 0. The zero-order chi connectivity index (χ0) is 19.8. The van der Waals surface area contributed by atoms with E-state index >= 15 is 0 Å². The van der Waals surface area contributed by atoms with Crippen molar-refractivity contribution in [3.63, 3.8) is 0 Å². The quantitative estimate of drug-likeness (QED) is 0.324. The van der Waals surface area contributed by atoms with Gasteiger partial charge in [0.05, 0.1) is 5.41 Å². The minimum Gasteiger partial charge on any atom is -0.0619 e. The highest BCUT2D eigenvalue weighted by molar-refractivity contribution is 6.06. The van der Waals surface area contributed by atoms with Crippen LogP contribution in [0.2, 0.25) is 0 Å². The Bertz CT molecular complexity index is 1350. The highest BCUT2D eigenvalue weighted by Crippen LogP contribution is 2.61. The maximum atomic E-state index is 2.38. The summed E-state index contributed by atoms with van der Waals surface area (Å²) in [6.45, 7) is 6.96. The van der Waals surface area contributed by atoms with Gasteiger partial charge in [-0.05, 0) is 75.6 Å². The summed E-state index contributed by atoms with van der Waals surface area (Å²) in [5.41, 5.74) is 12.7. The summed E-state index contributed by atoms with van der Waals surface area (Å²) >= 11 is 0. The van der Waals surface area contributed by atoms with Crippen LogP contribution in [0, 0.1) is 0 Å². The number of fused-ring (bicyclic) bond motifs is 6. The molecule has 4 aromatic rings. The fraction of sp³-hybridized carbons (Fsp3) is 0.172. The number of allylic oxidation sites excluding steroid dienone is 2. The van der Waals surface area contributed by atoms with Crippen molar-refractivity contribution in [1.29, 1.82) is 0 Å². The van der Waals surface area contributed by atoms with Crippen LogP contribution in [0.5, 0.6) is 0 Å². The van der Waals surface area contributed by atoms with Crippen LogP contribution in [0.3, 0.4) is 0 Å². The maximum absolute atomic E-state index is 2.38. The van der Waals surface area contributed by atoms with Gasteiger partial charge in [-0.3, -0.25) is 0 Å². The number of aryl methyl sites for hydroxylation is 1. The molecule has 0 saturated carbocycles. The van der Waals surface area contributed by atoms with E-state index in [1.54, 1.807) is 0 Å². The highest BCUT2D eigenvalue weighted by Gasteiger charge is 2.49. The Labute approximate surface area is 172 Å². The molecule has 0 saturated heterocycles. The first kappa shape index (κ1) is 16.8. The molecule has 2 aliphatic rings. The molecular weight excluding hydrogens is 348 g/mol. The molecule has 0 heteroatoms. The molecule has 4 aromatic carbocycles. The van der Waals surface area contributed by atoms with Gasteiger partial charge in [-0.1, -0.05) is 91.4 Å². The van der Waals surface area contributed by atoms with E-state index in [0.717, 1.165) is 6.42 Å². The molecule has 0 aromatic heterocycles. The van der Waals surface area contributed by atoms with Gasteiger partial charge in [0.15, 0.2) is 0 Å². The van der Waals surface area contributed by atoms with Crippen LogP contribution in [0.1, 0.15) is 48.6 Å². The smallest absolute Gasteiger partial charge is 0.0619 e. The summed E-state index contributed by atoms with van der Waals surface area (Å²) in [6, 6.07) is 29.6. The van der Waals surface area contributed by atoms with Crippen LogP contribution in [0.25, 0.3) is 27.5 Å². The molecule has 140 valence electrons. The first-order chi connectivity index (χ1) is 14.2. The van der Waals surface area contributed by atoms with Gasteiger partial charge in [0.1, 0.15) is 0 Å². The molecule has 1 unspecified atom stereocenters. The van der Waals surface area contributed by atoms with Crippen molar-refractivity contribution in [3.05, 3.63) is 112 Å². The first-order valence-corrected chi connectivity index (χ1v) is 10.6. The van der Waals surface area contributed by atoms with Crippen LogP contribution < -0.4 is 0 Å². The van der Waals surface area contributed by atoms with Gasteiger partial charge in [0.25, 0.3) is 0 Å². The van der Waals surface area contributed by atoms with Crippen LogP contribution in [-0.4, -0.2) is 0 Å². The second kappa shape index (κ2) is 5.70. The molecule has 29 heavy (non-hydrogen) atoms. The van der Waals surface area contributed by atoms with Gasteiger partial charge in [0.2, 0.25) is 0 Å². The lowest BCUT2D eigenvalue weighted by Gasteiger charge is -2.41. The average Bonchev–Trinajstić information content (AvgIpc) is 3.00. The van der Waals surface area contributed by atoms with Crippen molar-refractivity contribution in [2.24, 2.45) is 0 Å². The Kier molecular flexibility index (Phi) is 3.30. The molecule has 0 fully saturated rings. The van der Waals surface area contributed by atoms with Gasteiger partial charge < -0.3 is 0 Å². The largest absolute Gasteiger partial charge is 0.0685 e. The van der Waals surface area contributed by atoms with Gasteiger partial charge in [-0.15, -0.1) is 0 Å². The fourth-order valence-corrected chi connectivity index (χ4v) is 6.06. The molecule has 0 heterocycles. The summed E-state index contributed by atoms with van der Waals surface area (Å²) in [5, 5.41) is 2.75. The summed E-state index contributed by atoms with van der Waals surface area (Å²) in [6.07, 6.45) is 1.05. The Balaban J connectivity index is 1.92. The molecule has 0 amide bonds. The molecular formula is C29H24. The summed E-state index contributed by atoms with van der Waals surface area (Å²) in [5.74, 6) is 0. The van der Waals surface area contributed by atoms with Gasteiger partial charge in [-0.25, -0.2) is 0 Å². The molecule has 1 atom stereocenters. The molecule has 6 rings (SSSR count). The lowest BCUT2D eigenvalue weighted by Crippen LogP contribution is -2.33. The van der Waals surface area contributed by atoms with E-state index in [1.165, 1.54) is 60.9 Å². The Morgan fingerprint density at radius 1 is 0.655 bits per heavy atom. The van der Waals surface area contributed by atoms with Crippen molar-refractivity contribution in [1.82, 2.24) is 0 Å². The molecule has 0 bridgehead atoms. The number of hydrogen-bond donors (Lipinski definition) is 0. The number of rotatable bonds is 1. The fourth-order valence-electron chi connectivity index (χ4n) is 6.06. The standard InChI is InChI=1S/C29H24/c1-4-20-10-7-14-22-18(2)19(3)29(28(20)22)25-16-6-5-13-23(25)24-15-8-11-21-12-9-17-26(29)27(21)24/h5-17H,4H2,1-3H3. The van der Waals surface area contributed by atoms with Crippen LogP contribution in [0.15, 0.2) is 84.4 Å². The van der Waals surface area contributed by atoms with Crippen LogP contribution in [0.4, 0.5) is 0 Å². The molecule has 0 radical (unpaired) electrons. The Morgan fingerprint density at radius 2 is 1.31 bits per heavy atom. The summed E-state index contributed by atoms with van der Waals surface area (Å²) < 4.78 is 0. The molecule has 0 N–H and O–H groups in total. The SMILES string of the molecule is CCc1cccc2c1C1(C(C)=C2C)c2ccccc2-c2cccc3cccc1c23. The van der Waals surface area contributed by atoms with Crippen LogP contribution >= 0.6 is 0 Å². The lowest BCUT2D eigenvalue weighted by molar-refractivity contribution is 0.735. The highest BCUT2D eigenvalue weighted by atomic mass is 14.5. The normalized spacial score (nSPS) is 19.0. The van der Waals surface area contributed by atoms with Gasteiger partial charge >= 0.3 is 0 Å². The third-order valence-electron chi connectivity index (χ3n) is 7.37. The molecule has 1 spiro atoms. The van der Waals surface area contributed by atoms with Crippen molar-refractivity contribution in [3.8, 4) is 11.1 Å². The third-order valence-corrected chi connectivity index (χ3v) is 7.37. The third kappa shape index (κ3) is 1.85. The van der Waals surface area contributed by atoms with E-state index in [-0.39, 0.29) is 5.41 Å². The van der Waals surface area contributed by atoms with E-state index in [2.05, 4.69) is 99.6 Å². The second-order valence-corrected chi connectivity index (χ2v) is 8.45. The van der Waals surface area contributed by atoms with Crippen molar-refractivity contribution >= 4 is 16.3 Å². The Morgan fingerprint density at radius 3 is 2.14 bits per heavy atom. The number of benzene rings is 4. The van der Waals surface area contributed by atoms with Crippen molar-refractivity contribution in [2.75, 3.05) is 0 Å². The van der Waals surface area contributed by atoms with E-state index in [4.69, 9.17) is 0 Å². The van der Waals surface area contributed by atoms with E-state index in [0.29, 0.717) is 0 Å². The zero-order valence-corrected chi connectivity index (χ0v) is 17.2. The summed E-state index contributed by atoms with van der Waals surface area (Å²) in [7, 11) is 0. The Hall–Kier alpha value is -3.12. The van der Waals surface area contributed by atoms with Crippen LogP contribution in [-0.2, 0) is 11.8 Å². The van der Waals surface area contributed by atoms with Crippen molar-refractivity contribution in [2.45, 2.75) is 32.6 Å². The minimum atomic E-state index is -0.198. The van der Waals surface area contributed by atoms with E-state index in [9.17, 15) is 0 Å². The van der Waals surface area contributed by atoms with Gasteiger partial charge in [-0.2, -0.15) is 0 Å². The average molecular weight is 373 g/mol. The maximum Gasteiger partial charge on any atom is 0.0685 e. The predicted molar refractivity (Wildman–Crippen MR) is 123 cm³/mol. The molecule has 2 aliphatic carbocycles. The zero-order valence-electron chi connectivity index (χ0n) is 17.2.